The molecular weight excluding hydrogens is 326 g/mol. The van der Waals surface area contributed by atoms with Gasteiger partial charge >= 0.3 is 0 Å². The molecule has 0 radical (unpaired) electrons. The van der Waals surface area contributed by atoms with Crippen molar-refractivity contribution in [2.45, 2.75) is 25.5 Å². The Hall–Kier alpha value is -1.54. The van der Waals surface area contributed by atoms with Crippen LogP contribution in [0.25, 0.3) is 11.3 Å². The standard InChI is InChI=1S/C15H17N3O.C2H6O2S/c19-14-5-6-16-7-12(14)15-11-4-2-1-3-10(11)13-8-17-9-18(13)15;1-2-5(3)4/h1-4,8-9,12,14-16,19H,5-7H2;2H2,1H3,(H,3,4)/p-1. The average molecular weight is 348 g/mol. The molecule has 130 valence electrons. The first kappa shape index (κ1) is 17.3. The Kier molecular flexibility index (Phi) is 5.45. The maximum atomic E-state index is 10.3. The molecule has 2 aliphatic rings. The second kappa shape index (κ2) is 7.57. The number of piperidine rings is 1. The van der Waals surface area contributed by atoms with Crippen LogP contribution in [0.5, 0.6) is 0 Å². The predicted molar refractivity (Wildman–Crippen MR) is 92.2 cm³/mol. The van der Waals surface area contributed by atoms with E-state index in [-0.39, 0.29) is 23.8 Å². The fourth-order valence-electron chi connectivity index (χ4n) is 3.50. The second-order valence-corrected chi connectivity index (χ2v) is 7.22. The molecular formula is C17H22N3O3S-. The third kappa shape index (κ3) is 3.30. The minimum absolute atomic E-state index is 0.205. The van der Waals surface area contributed by atoms with Gasteiger partial charge in [-0.15, -0.1) is 0 Å². The Bertz CT molecular complexity index is 719. The molecule has 1 aromatic carbocycles. The lowest BCUT2D eigenvalue weighted by atomic mass is 9.85. The summed E-state index contributed by atoms with van der Waals surface area (Å²) >= 11 is -1.82. The van der Waals surface area contributed by atoms with Gasteiger partial charge in [0.2, 0.25) is 0 Å². The van der Waals surface area contributed by atoms with E-state index in [4.69, 9.17) is 0 Å². The van der Waals surface area contributed by atoms with Gasteiger partial charge in [0.1, 0.15) is 0 Å². The molecule has 1 saturated heterocycles. The number of nitrogens with zero attached hydrogens (tertiary/aromatic N) is 2. The van der Waals surface area contributed by atoms with Gasteiger partial charge in [-0.05, 0) is 18.5 Å². The topological polar surface area (TPSA) is 90.2 Å². The zero-order valence-corrected chi connectivity index (χ0v) is 14.4. The van der Waals surface area contributed by atoms with E-state index < -0.39 is 11.1 Å². The van der Waals surface area contributed by atoms with Gasteiger partial charge in [0, 0.05) is 23.8 Å². The Morgan fingerprint density at radius 1 is 1.46 bits per heavy atom. The normalized spacial score (nSPS) is 26.0. The minimum atomic E-state index is -1.82. The maximum Gasteiger partial charge on any atom is 0.0956 e. The van der Waals surface area contributed by atoms with Gasteiger partial charge < -0.3 is 19.5 Å². The summed E-state index contributed by atoms with van der Waals surface area (Å²) in [5.41, 5.74) is 3.73. The fraction of sp³-hybridized carbons (Fsp3) is 0.471. The number of hydrogen-bond acceptors (Lipinski definition) is 5. The van der Waals surface area contributed by atoms with Gasteiger partial charge in [-0.3, -0.25) is 4.21 Å². The lowest BCUT2D eigenvalue weighted by Gasteiger charge is -2.34. The van der Waals surface area contributed by atoms with Gasteiger partial charge in [0.25, 0.3) is 0 Å². The molecule has 24 heavy (non-hydrogen) atoms. The van der Waals surface area contributed by atoms with E-state index in [9.17, 15) is 13.9 Å². The molecule has 4 atom stereocenters. The number of benzene rings is 1. The predicted octanol–water partition coefficient (Wildman–Crippen LogP) is 1.31. The van der Waals surface area contributed by atoms with Crippen molar-refractivity contribution in [2.75, 3.05) is 18.8 Å². The number of fused-ring (bicyclic) bond motifs is 3. The lowest BCUT2D eigenvalue weighted by Crippen LogP contribution is -2.43. The summed E-state index contributed by atoms with van der Waals surface area (Å²) in [6.07, 6.45) is 4.39. The van der Waals surface area contributed by atoms with E-state index in [0.29, 0.717) is 0 Å². The van der Waals surface area contributed by atoms with E-state index in [1.165, 1.54) is 16.8 Å². The molecule has 2 aromatic rings. The van der Waals surface area contributed by atoms with Crippen LogP contribution in [0.3, 0.4) is 0 Å². The summed E-state index contributed by atoms with van der Waals surface area (Å²) < 4.78 is 20.9. The van der Waals surface area contributed by atoms with Crippen LogP contribution in [0.4, 0.5) is 0 Å². The minimum Gasteiger partial charge on any atom is -0.772 e. The van der Waals surface area contributed by atoms with Crippen LogP contribution in [0.1, 0.15) is 24.9 Å². The van der Waals surface area contributed by atoms with Crippen molar-refractivity contribution in [3.8, 4) is 11.3 Å². The molecule has 1 aromatic heterocycles. The van der Waals surface area contributed by atoms with E-state index in [0.717, 1.165) is 19.5 Å². The molecule has 4 unspecified atom stereocenters. The van der Waals surface area contributed by atoms with Crippen LogP contribution < -0.4 is 5.32 Å². The highest BCUT2D eigenvalue weighted by atomic mass is 32.2. The number of hydrogen-bond donors (Lipinski definition) is 2. The smallest absolute Gasteiger partial charge is 0.0956 e. The highest BCUT2D eigenvalue weighted by Crippen LogP contribution is 2.44. The molecule has 0 aliphatic carbocycles. The van der Waals surface area contributed by atoms with Crippen LogP contribution >= 0.6 is 0 Å². The van der Waals surface area contributed by atoms with E-state index >= 15 is 0 Å². The number of aromatic nitrogens is 2. The molecule has 0 saturated carbocycles. The fourth-order valence-corrected chi connectivity index (χ4v) is 3.50. The summed E-state index contributed by atoms with van der Waals surface area (Å²) in [7, 11) is 0. The average Bonchev–Trinajstić information content (AvgIpc) is 3.17. The van der Waals surface area contributed by atoms with E-state index in [2.05, 4.69) is 39.1 Å². The summed E-state index contributed by atoms with van der Waals surface area (Å²) in [6.45, 7) is 3.35. The molecule has 2 N–H and O–H groups in total. The van der Waals surface area contributed by atoms with E-state index in [1.54, 1.807) is 6.92 Å². The molecule has 3 heterocycles. The number of aliphatic hydroxyl groups is 1. The molecule has 7 heteroatoms. The Morgan fingerprint density at radius 3 is 2.92 bits per heavy atom. The van der Waals surface area contributed by atoms with Crippen LogP contribution in [-0.4, -0.2) is 48.4 Å². The van der Waals surface area contributed by atoms with Crippen molar-refractivity contribution in [3.63, 3.8) is 0 Å². The number of rotatable bonds is 2. The Labute approximate surface area is 144 Å². The zero-order valence-electron chi connectivity index (χ0n) is 13.6. The zero-order chi connectivity index (χ0) is 17.1. The number of imidazole rings is 1. The molecule has 0 spiro atoms. The van der Waals surface area contributed by atoms with Gasteiger partial charge in [0.15, 0.2) is 0 Å². The Balaban J connectivity index is 0.000000300. The second-order valence-electron chi connectivity index (χ2n) is 6.03. The Morgan fingerprint density at radius 2 is 2.21 bits per heavy atom. The van der Waals surface area contributed by atoms with Crippen LogP contribution in [0.15, 0.2) is 36.8 Å². The number of nitrogens with one attached hydrogen (secondary N) is 1. The molecule has 1 fully saturated rings. The van der Waals surface area contributed by atoms with Crippen molar-refractivity contribution in [1.82, 2.24) is 14.9 Å². The van der Waals surface area contributed by atoms with Gasteiger partial charge in [-0.2, -0.15) is 0 Å². The maximum absolute atomic E-state index is 10.3. The van der Waals surface area contributed by atoms with Crippen molar-refractivity contribution in [1.29, 1.82) is 0 Å². The number of aliphatic hydroxyl groups excluding tert-OH is 1. The monoisotopic (exact) mass is 348 g/mol. The summed E-state index contributed by atoms with van der Waals surface area (Å²) in [5.74, 6) is 0.436. The first-order chi connectivity index (χ1) is 11.6. The first-order valence-corrected chi connectivity index (χ1v) is 9.43. The van der Waals surface area contributed by atoms with Crippen molar-refractivity contribution in [3.05, 3.63) is 42.4 Å². The van der Waals surface area contributed by atoms with Gasteiger partial charge in [-0.1, -0.05) is 42.3 Å². The summed E-state index contributed by atoms with van der Waals surface area (Å²) in [4.78, 5) is 4.27. The first-order valence-electron chi connectivity index (χ1n) is 8.19. The van der Waals surface area contributed by atoms with Crippen molar-refractivity contribution >= 4 is 11.1 Å². The molecule has 2 aliphatic heterocycles. The SMILES string of the molecule is CCS(=O)[O-].OC1CCNCC1C1c2ccccc2-c2cncn21. The molecule has 4 rings (SSSR count). The highest BCUT2D eigenvalue weighted by Gasteiger charge is 2.38. The largest absolute Gasteiger partial charge is 0.772 e. The van der Waals surface area contributed by atoms with Crippen molar-refractivity contribution in [2.24, 2.45) is 5.92 Å². The third-order valence-electron chi connectivity index (χ3n) is 4.65. The quantitative estimate of drug-likeness (QED) is 0.799. The summed E-state index contributed by atoms with van der Waals surface area (Å²) in [5, 5.41) is 13.7. The van der Waals surface area contributed by atoms with E-state index in [1.807, 2.05) is 12.5 Å². The van der Waals surface area contributed by atoms with Gasteiger partial charge in [0.05, 0.1) is 30.4 Å². The lowest BCUT2D eigenvalue weighted by molar-refractivity contribution is 0.0597. The summed E-state index contributed by atoms with van der Waals surface area (Å²) in [6, 6.07) is 8.67. The highest BCUT2D eigenvalue weighted by molar-refractivity contribution is 7.79. The van der Waals surface area contributed by atoms with Crippen LogP contribution in [-0.2, 0) is 11.1 Å². The third-order valence-corrected chi connectivity index (χ3v) is 5.12. The molecule has 0 amide bonds. The van der Waals surface area contributed by atoms with Crippen LogP contribution in [0.2, 0.25) is 0 Å². The van der Waals surface area contributed by atoms with Crippen LogP contribution in [0, 0.1) is 5.92 Å². The molecule has 6 nitrogen and oxygen atoms in total. The van der Waals surface area contributed by atoms with Gasteiger partial charge in [-0.25, -0.2) is 4.98 Å². The molecule has 0 bridgehead atoms. The van der Waals surface area contributed by atoms with Crippen molar-refractivity contribution < 1.29 is 13.9 Å².